The molecule has 0 fully saturated rings. The molecular weight excluding hydrogens is 262 g/mol. The number of halogens is 1. The maximum atomic E-state index is 6.25. The van der Waals surface area contributed by atoms with Crippen molar-refractivity contribution in [2.75, 3.05) is 14.2 Å². The van der Waals surface area contributed by atoms with E-state index in [0.29, 0.717) is 16.5 Å². The Morgan fingerprint density at radius 1 is 1.00 bits per heavy atom. The lowest BCUT2D eigenvalue weighted by atomic mass is 9.99. The number of ether oxygens (including phenoxy) is 2. The molecule has 4 heteroatoms. The van der Waals surface area contributed by atoms with Crippen LogP contribution in [0.3, 0.4) is 0 Å². The second-order valence-corrected chi connectivity index (χ2v) is 4.52. The molecule has 2 N–H and O–H groups in total. The second-order valence-electron chi connectivity index (χ2n) is 4.11. The lowest BCUT2D eigenvalue weighted by Crippen LogP contribution is -2.12. The molecule has 1 atom stereocenters. The fourth-order valence-electron chi connectivity index (χ4n) is 1.95. The number of hydrogen-bond acceptors (Lipinski definition) is 3. The first-order valence-corrected chi connectivity index (χ1v) is 6.27. The predicted molar refractivity (Wildman–Crippen MR) is 77.0 cm³/mol. The van der Waals surface area contributed by atoms with E-state index in [1.54, 1.807) is 14.2 Å². The van der Waals surface area contributed by atoms with Crippen LogP contribution in [0.4, 0.5) is 0 Å². The molecule has 3 nitrogen and oxygen atoms in total. The van der Waals surface area contributed by atoms with E-state index >= 15 is 0 Å². The highest BCUT2D eigenvalue weighted by molar-refractivity contribution is 6.31. The van der Waals surface area contributed by atoms with Gasteiger partial charge in [0.05, 0.1) is 20.3 Å². The van der Waals surface area contributed by atoms with E-state index in [1.807, 2.05) is 42.5 Å². The van der Waals surface area contributed by atoms with Crippen LogP contribution in [0.2, 0.25) is 5.02 Å². The van der Waals surface area contributed by atoms with Crippen LogP contribution in [-0.2, 0) is 0 Å². The maximum Gasteiger partial charge on any atom is 0.161 e. The van der Waals surface area contributed by atoms with Crippen LogP contribution in [0.15, 0.2) is 42.5 Å². The van der Waals surface area contributed by atoms with Gasteiger partial charge in [-0.1, -0.05) is 35.9 Å². The molecular formula is C15H16ClNO2. The Kier molecular flexibility index (Phi) is 4.30. The SMILES string of the molecule is COc1ccc(C(N)c2ccccc2Cl)cc1OC. The molecule has 0 aromatic heterocycles. The molecule has 0 aliphatic heterocycles. The average Bonchev–Trinajstić information content (AvgIpc) is 2.46. The molecule has 0 bridgehead atoms. The van der Waals surface area contributed by atoms with Gasteiger partial charge in [0.2, 0.25) is 0 Å². The van der Waals surface area contributed by atoms with Gasteiger partial charge in [-0.05, 0) is 29.3 Å². The molecule has 2 aromatic carbocycles. The smallest absolute Gasteiger partial charge is 0.161 e. The average molecular weight is 278 g/mol. The van der Waals surface area contributed by atoms with Gasteiger partial charge in [-0.25, -0.2) is 0 Å². The molecule has 19 heavy (non-hydrogen) atoms. The molecule has 0 saturated heterocycles. The van der Waals surface area contributed by atoms with Gasteiger partial charge < -0.3 is 15.2 Å². The summed E-state index contributed by atoms with van der Waals surface area (Å²) >= 11 is 6.17. The zero-order chi connectivity index (χ0) is 13.8. The third kappa shape index (κ3) is 2.83. The van der Waals surface area contributed by atoms with E-state index in [9.17, 15) is 0 Å². The first-order chi connectivity index (χ1) is 9.17. The second kappa shape index (κ2) is 5.95. The minimum absolute atomic E-state index is 0.298. The van der Waals surface area contributed by atoms with Gasteiger partial charge in [-0.2, -0.15) is 0 Å². The molecule has 100 valence electrons. The van der Waals surface area contributed by atoms with Gasteiger partial charge in [-0.15, -0.1) is 0 Å². The Labute approximate surface area is 117 Å². The largest absolute Gasteiger partial charge is 0.493 e. The van der Waals surface area contributed by atoms with Gasteiger partial charge >= 0.3 is 0 Å². The van der Waals surface area contributed by atoms with Crippen molar-refractivity contribution in [3.05, 3.63) is 58.6 Å². The standard InChI is InChI=1S/C15H16ClNO2/c1-18-13-8-7-10(9-14(13)19-2)15(17)11-5-3-4-6-12(11)16/h3-9,15H,17H2,1-2H3. The molecule has 0 spiro atoms. The van der Waals surface area contributed by atoms with Crippen molar-refractivity contribution in [2.45, 2.75) is 6.04 Å². The van der Waals surface area contributed by atoms with Crippen molar-refractivity contribution in [1.29, 1.82) is 0 Å². The summed E-state index contributed by atoms with van der Waals surface area (Å²) in [6.07, 6.45) is 0. The maximum absolute atomic E-state index is 6.25. The van der Waals surface area contributed by atoms with E-state index in [1.165, 1.54) is 0 Å². The molecule has 0 heterocycles. The Balaban J connectivity index is 2.39. The highest BCUT2D eigenvalue weighted by Gasteiger charge is 2.14. The van der Waals surface area contributed by atoms with Crippen LogP contribution in [0.25, 0.3) is 0 Å². The molecule has 1 unspecified atom stereocenters. The third-order valence-corrected chi connectivity index (χ3v) is 3.35. The van der Waals surface area contributed by atoms with Crippen LogP contribution in [0, 0.1) is 0 Å². The fraction of sp³-hybridized carbons (Fsp3) is 0.200. The minimum atomic E-state index is -0.298. The number of hydrogen-bond donors (Lipinski definition) is 1. The van der Waals surface area contributed by atoms with E-state index in [2.05, 4.69) is 0 Å². The summed E-state index contributed by atoms with van der Waals surface area (Å²) in [7, 11) is 3.20. The monoisotopic (exact) mass is 277 g/mol. The van der Waals surface area contributed by atoms with E-state index < -0.39 is 0 Å². The topological polar surface area (TPSA) is 44.5 Å². The van der Waals surface area contributed by atoms with Crippen LogP contribution >= 0.6 is 11.6 Å². The molecule has 0 aliphatic carbocycles. The summed E-state index contributed by atoms with van der Waals surface area (Å²) in [6.45, 7) is 0. The summed E-state index contributed by atoms with van der Waals surface area (Å²) in [5, 5.41) is 0.657. The zero-order valence-corrected chi connectivity index (χ0v) is 11.6. The molecule has 0 amide bonds. The third-order valence-electron chi connectivity index (χ3n) is 3.01. The van der Waals surface area contributed by atoms with Gasteiger partial charge in [-0.3, -0.25) is 0 Å². The van der Waals surface area contributed by atoms with Crippen LogP contribution in [0.1, 0.15) is 17.2 Å². The van der Waals surface area contributed by atoms with Crippen molar-refractivity contribution >= 4 is 11.6 Å². The Bertz CT molecular complexity index is 572. The quantitative estimate of drug-likeness (QED) is 0.931. The Hall–Kier alpha value is -1.71. The lowest BCUT2D eigenvalue weighted by molar-refractivity contribution is 0.354. The summed E-state index contributed by atoms with van der Waals surface area (Å²) in [4.78, 5) is 0. The number of benzene rings is 2. The first kappa shape index (κ1) is 13.7. The van der Waals surface area contributed by atoms with Crippen molar-refractivity contribution in [1.82, 2.24) is 0 Å². The first-order valence-electron chi connectivity index (χ1n) is 5.89. The van der Waals surface area contributed by atoms with Crippen molar-refractivity contribution in [2.24, 2.45) is 5.73 Å². The predicted octanol–water partition coefficient (Wildman–Crippen LogP) is 3.41. The fourth-order valence-corrected chi connectivity index (χ4v) is 2.21. The van der Waals surface area contributed by atoms with Gasteiger partial charge in [0, 0.05) is 5.02 Å². The van der Waals surface area contributed by atoms with E-state index in [-0.39, 0.29) is 6.04 Å². The van der Waals surface area contributed by atoms with Crippen molar-refractivity contribution < 1.29 is 9.47 Å². The van der Waals surface area contributed by atoms with E-state index in [0.717, 1.165) is 11.1 Å². The van der Waals surface area contributed by atoms with Crippen LogP contribution in [-0.4, -0.2) is 14.2 Å². The number of nitrogens with two attached hydrogens (primary N) is 1. The van der Waals surface area contributed by atoms with Crippen LogP contribution < -0.4 is 15.2 Å². The van der Waals surface area contributed by atoms with E-state index in [4.69, 9.17) is 26.8 Å². The Morgan fingerprint density at radius 2 is 1.68 bits per heavy atom. The summed E-state index contributed by atoms with van der Waals surface area (Å²) in [5.41, 5.74) is 8.06. The number of rotatable bonds is 4. The minimum Gasteiger partial charge on any atom is -0.493 e. The molecule has 0 saturated carbocycles. The van der Waals surface area contributed by atoms with Crippen LogP contribution in [0.5, 0.6) is 11.5 Å². The molecule has 0 aliphatic rings. The lowest BCUT2D eigenvalue weighted by Gasteiger charge is -2.16. The summed E-state index contributed by atoms with van der Waals surface area (Å²) < 4.78 is 10.5. The molecule has 2 rings (SSSR count). The normalized spacial score (nSPS) is 12.0. The molecule has 2 aromatic rings. The summed E-state index contributed by atoms with van der Waals surface area (Å²) in [5.74, 6) is 1.33. The summed E-state index contributed by atoms with van der Waals surface area (Å²) in [6, 6.07) is 12.9. The van der Waals surface area contributed by atoms with Gasteiger partial charge in [0.1, 0.15) is 0 Å². The molecule has 0 radical (unpaired) electrons. The number of methoxy groups -OCH3 is 2. The highest BCUT2D eigenvalue weighted by atomic mass is 35.5. The zero-order valence-electron chi connectivity index (χ0n) is 10.9. The van der Waals surface area contributed by atoms with Crippen molar-refractivity contribution in [3.8, 4) is 11.5 Å². The highest BCUT2D eigenvalue weighted by Crippen LogP contribution is 2.33. The Morgan fingerprint density at radius 3 is 2.32 bits per heavy atom. The van der Waals surface area contributed by atoms with Gasteiger partial charge in [0.15, 0.2) is 11.5 Å². The van der Waals surface area contributed by atoms with Crippen molar-refractivity contribution in [3.63, 3.8) is 0 Å². The van der Waals surface area contributed by atoms with Gasteiger partial charge in [0.25, 0.3) is 0 Å².